The number of hydrogen-bond donors (Lipinski definition) is 2. The van der Waals surface area contributed by atoms with Crippen molar-refractivity contribution in [3.63, 3.8) is 0 Å². The zero-order chi connectivity index (χ0) is 15.1. The average molecular weight is 284 g/mol. The molecular weight excluding hydrogens is 264 g/mol. The first kappa shape index (κ1) is 16.2. The van der Waals surface area contributed by atoms with Gasteiger partial charge in [0, 0.05) is 38.6 Å². The summed E-state index contributed by atoms with van der Waals surface area (Å²) in [6.07, 6.45) is 2.11. The second-order valence-corrected chi connectivity index (χ2v) is 4.62. The number of carbonyl (C=O) groups is 1. The van der Waals surface area contributed by atoms with Crippen molar-refractivity contribution < 1.29 is 19.7 Å². The molecule has 1 aromatic heterocycles. The highest BCUT2D eigenvalue weighted by Gasteiger charge is 2.10. The van der Waals surface area contributed by atoms with Crippen LogP contribution < -0.4 is 5.43 Å². The van der Waals surface area contributed by atoms with Gasteiger partial charge in [0.2, 0.25) is 5.43 Å². The lowest BCUT2D eigenvalue weighted by molar-refractivity contribution is -0.138. The van der Waals surface area contributed by atoms with Gasteiger partial charge in [0.25, 0.3) is 0 Å². The minimum absolute atomic E-state index is 0.118. The molecule has 0 amide bonds. The fraction of sp³-hybridized carbons (Fsp3) is 0.538. The van der Waals surface area contributed by atoms with Gasteiger partial charge in [0.05, 0.1) is 12.7 Å². The molecular formula is C13H20N2O5. The lowest BCUT2D eigenvalue weighted by Gasteiger charge is -2.19. The van der Waals surface area contributed by atoms with Crippen LogP contribution in [0.15, 0.2) is 17.1 Å². The van der Waals surface area contributed by atoms with E-state index in [0.29, 0.717) is 25.4 Å². The Hall–Kier alpha value is -1.86. The number of nitrogens with zero attached hydrogens (tertiary/aromatic N) is 2. The zero-order valence-corrected chi connectivity index (χ0v) is 11.7. The number of aryl methyl sites for hydroxylation is 1. The van der Waals surface area contributed by atoms with Crippen molar-refractivity contribution in [2.24, 2.45) is 0 Å². The molecule has 1 rings (SSSR count). The topological polar surface area (TPSA) is 92.0 Å². The normalized spacial score (nSPS) is 10.9. The van der Waals surface area contributed by atoms with Crippen molar-refractivity contribution in [2.45, 2.75) is 19.5 Å². The Morgan fingerprint density at radius 3 is 2.80 bits per heavy atom. The van der Waals surface area contributed by atoms with Crippen LogP contribution in [0.25, 0.3) is 0 Å². The van der Waals surface area contributed by atoms with E-state index in [4.69, 9.17) is 9.84 Å². The van der Waals surface area contributed by atoms with Gasteiger partial charge < -0.3 is 19.5 Å². The maximum absolute atomic E-state index is 11.5. The van der Waals surface area contributed by atoms with E-state index in [-0.39, 0.29) is 12.3 Å². The van der Waals surface area contributed by atoms with Crippen molar-refractivity contribution in [1.29, 1.82) is 0 Å². The van der Waals surface area contributed by atoms with Crippen LogP contribution in [-0.2, 0) is 22.6 Å². The molecule has 20 heavy (non-hydrogen) atoms. The summed E-state index contributed by atoms with van der Waals surface area (Å²) < 4.78 is 6.71. The standard InChI is InChI=1S/C13H20N2O5/c1-14(9-13(18)19)7-10-6-11(16)12(17)8-15(10)4-3-5-20-2/h6,8,17H,3-5,7,9H2,1-2H3,(H,18,19). The van der Waals surface area contributed by atoms with Crippen LogP contribution in [0.5, 0.6) is 5.75 Å². The molecule has 1 aromatic rings. The summed E-state index contributed by atoms with van der Waals surface area (Å²) in [4.78, 5) is 23.7. The van der Waals surface area contributed by atoms with Gasteiger partial charge in [0.15, 0.2) is 5.75 Å². The summed E-state index contributed by atoms with van der Waals surface area (Å²) in [5, 5.41) is 18.2. The monoisotopic (exact) mass is 284 g/mol. The van der Waals surface area contributed by atoms with Crippen molar-refractivity contribution in [2.75, 3.05) is 27.3 Å². The molecule has 0 unspecified atom stereocenters. The molecule has 2 N–H and O–H groups in total. The number of carboxylic acid groups (broad SMARTS) is 1. The third kappa shape index (κ3) is 5.02. The summed E-state index contributed by atoms with van der Waals surface area (Å²) in [5.41, 5.74) is 0.194. The van der Waals surface area contributed by atoms with Gasteiger partial charge in [-0.3, -0.25) is 14.5 Å². The van der Waals surface area contributed by atoms with Crippen molar-refractivity contribution in [1.82, 2.24) is 9.47 Å². The fourth-order valence-electron chi connectivity index (χ4n) is 1.89. The minimum atomic E-state index is -0.931. The average Bonchev–Trinajstić information content (AvgIpc) is 2.34. The molecule has 7 nitrogen and oxygen atoms in total. The lowest BCUT2D eigenvalue weighted by atomic mass is 10.2. The summed E-state index contributed by atoms with van der Waals surface area (Å²) in [6.45, 7) is 1.34. The number of hydrogen-bond acceptors (Lipinski definition) is 5. The Labute approximate surface area is 117 Å². The lowest BCUT2D eigenvalue weighted by Crippen LogP contribution is -2.27. The van der Waals surface area contributed by atoms with E-state index in [1.54, 1.807) is 23.6 Å². The fourth-order valence-corrected chi connectivity index (χ4v) is 1.89. The number of aliphatic carboxylic acids is 1. The van der Waals surface area contributed by atoms with Crippen LogP contribution >= 0.6 is 0 Å². The third-order valence-corrected chi connectivity index (χ3v) is 2.78. The van der Waals surface area contributed by atoms with Crippen LogP contribution in [0.3, 0.4) is 0 Å². The predicted molar refractivity (Wildman–Crippen MR) is 72.8 cm³/mol. The minimum Gasteiger partial charge on any atom is -0.503 e. The van der Waals surface area contributed by atoms with Crippen LogP contribution in [0.2, 0.25) is 0 Å². The van der Waals surface area contributed by atoms with Gasteiger partial charge in [-0.05, 0) is 13.5 Å². The predicted octanol–water partition coefficient (Wildman–Crippen LogP) is 0.107. The number of carboxylic acids is 1. The second-order valence-electron chi connectivity index (χ2n) is 4.62. The van der Waals surface area contributed by atoms with Gasteiger partial charge in [0.1, 0.15) is 0 Å². The molecule has 0 aliphatic carbocycles. The number of aromatic hydroxyl groups is 1. The van der Waals surface area contributed by atoms with Gasteiger partial charge in [-0.25, -0.2) is 0 Å². The first-order chi connectivity index (χ1) is 9.43. The molecule has 1 heterocycles. The maximum atomic E-state index is 11.5. The first-order valence-corrected chi connectivity index (χ1v) is 6.25. The first-order valence-electron chi connectivity index (χ1n) is 6.25. The largest absolute Gasteiger partial charge is 0.503 e. The van der Waals surface area contributed by atoms with E-state index in [1.807, 2.05) is 0 Å². The smallest absolute Gasteiger partial charge is 0.317 e. The number of ether oxygens (including phenoxy) is 1. The molecule has 0 aliphatic rings. The molecule has 0 spiro atoms. The number of aromatic nitrogens is 1. The van der Waals surface area contributed by atoms with Crippen molar-refractivity contribution >= 4 is 5.97 Å². The van der Waals surface area contributed by atoms with E-state index in [1.165, 1.54) is 12.3 Å². The van der Waals surface area contributed by atoms with Crippen LogP contribution in [0.1, 0.15) is 12.1 Å². The summed E-state index contributed by atoms with van der Waals surface area (Å²) in [7, 11) is 3.26. The maximum Gasteiger partial charge on any atom is 0.317 e. The van der Waals surface area contributed by atoms with Gasteiger partial charge in [-0.15, -0.1) is 0 Å². The number of methoxy groups -OCH3 is 1. The van der Waals surface area contributed by atoms with Crippen LogP contribution in [0.4, 0.5) is 0 Å². The van der Waals surface area contributed by atoms with E-state index < -0.39 is 11.4 Å². The molecule has 0 fully saturated rings. The van der Waals surface area contributed by atoms with Crippen LogP contribution in [-0.4, -0.2) is 53.0 Å². The molecule has 0 saturated carbocycles. The summed E-state index contributed by atoms with van der Waals surface area (Å²) >= 11 is 0. The van der Waals surface area contributed by atoms with Gasteiger partial charge >= 0.3 is 5.97 Å². The summed E-state index contributed by atoms with van der Waals surface area (Å²) in [6, 6.07) is 1.33. The zero-order valence-electron chi connectivity index (χ0n) is 11.7. The molecule has 0 radical (unpaired) electrons. The molecule has 0 saturated heterocycles. The number of pyridine rings is 1. The number of likely N-dealkylation sites (N-methyl/N-ethyl adjacent to an activating group) is 1. The van der Waals surface area contributed by atoms with E-state index >= 15 is 0 Å². The number of rotatable bonds is 8. The van der Waals surface area contributed by atoms with E-state index in [2.05, 4.69) is 0 Å². The van der Waals surface area contributed by atoms with Gasteiger partial charge in [-0.2, -0.15) is 0 Å². The quantitative estimate of drug-likeness (QED) is 0.658. The highest BCUT2D eigenvalue weighted by molar-refractivity contribution is 5.68. The Morgan fingerprint density at radius 2 is 2.20 bits per heavy atom. The Morgan fingerprint density at radius 1 is 1.50 bits per heavy atom. The molecule has 112 valence electrons. The Bertz CT molecular complexity index is 512. The molecule has 0 aliphatic heterocycles. The second kappa shape index (κ2) is 7.66. The molecule has 0 atom stereocenters. The SMILES string of the molecule is COCCCn1cc(O)c(=O)cc1CN(C)CC(=O)O. The van der Waals surface area contributed by atoms with Gasteiger partial charge in [-0.1, -0.05) is 0 Å². The Balaban J connectivity index is 2.88. The van der Waals surface area contributed by atoms with Crippen molar-refractivity contribution in [3.05, 3.63) is 28.2 Å². The molecule has 0 aromatic carbocycles. The molecule has 7 heteroatoms. The van der Waals surface area contributed by atoms with E-state index in [0.717, 1.165) is 6.42 Å². The third-order valence-electron chi connectivity index (χ3n) is 2.78. The van der Waals surface area contributed by atoms with Crippen molar-refractivity contribution in [3.8, 4) is 5.75 Å². The van der Waals surface area contributed by atoms with E-state index in [9.17, 15) is 14.7 Å². The summed E-state index contributed by atoms with van der Waals surface area (Å²) in [5.74, 6) is -1.24. The highest BCUT2D eigenvalue weighted by atomic mass is 16.5. The van der Waals surface area contributed by atoms with Crippen LogP contribution in [0, 0.1) is 0 Å². The Kier molecular flexibility index (Phi) is 6.20. The molecule has 0 bridgehead atoms. The highest BCUT2D eigenvalue weighted by Crippen LogP contribution is 2.08.